The van der Waals surface area contributed by atoms with E-state index in [1.165, 1.54) is 12.1 Å². The molecule has 1 heterocycles. The summed E-state index contributed by atoms with van der Waals surface area (Å²) in [6.07, 6.45) is 1.84. The summed E-state index contributed by atoms with van der Waals surface area (Å²) in [5.41, 5.74) is 0.692. The van der Waals surface area contributed by atoms with Crippen molar-refractivity contribution in [2.45, 2.75) is 19.4 Å². The van der Waals surface area contributed by atoms with E-state index in [0.717, 1.165) is 6.29 Å². The number of likely N-dealkylation sites (tertiary alicyclic amines) is 1. The summed E-state index contributed by atoms with van der Waals surface area (Å²) < 4.78 is 5.17. The molecule has 21 heavy (non-hydrogen) atoms. The van der Waals surface area contributed by atoms with Crippen LogP contribution in [0.15, 0.2) is 24.3 Å². The van der Waals surface area contributed by atoms with Crippen LogP contribution in [0.25, 0.3) is 0 Å². The smallest absolute Gasteiger partial charge is 0.410 e. The molecule has 2 rings (SSSR count). The molecule has 0 N–H and O–H groups in total. The predicted octanol–water partition coefficient (Wildman–Crippen LogP) is 2.14. The van der Waals surface area contributed by atoms with Gasteiger partial charge in [0.2, 0.25) is 0 Å². The largest absolute Gasteiger partial charge is 0.445 e. The van der Waals surface area contributed by atoms with Gasteiger partial charge in [0.25, 0.3) is 5.69 Å². The van der Waals surface area contributed by atoms with Gasteiger partial charge in [-0.3, -0.25) is 10.1 Å². The average Bonchev–Trinajstić information content (AvgIpc) is 2.53. The number of piperidine rings is 1. The number of hydrogen-bond acceptors (Lipinski definition) is 5. The molecule has 7 nitrogen and oxygen atoms in total. The highest BCUT2D eigenvalue weighted by molar-refractivity contribution is 5.68. The standard InChI is InChI=1S/C14H16N2O5/c17-9-11-5-7-15(8-6-11)14(18)21-10-12-1-3-13(4-2-12)16(19)20/h1-4,9,11H,5-8,10H2. The van der Waals surface area contributed by atoms with Gasteiger partial charge < -0.3 is 14.4 Å². The number of carbonyl (C=O) groups excluding carboxylic acids is 2. The predicted molar refractivity (Wildman–Crippen MR) is 73.6 cm³/mol. The third-order valence-electron chi connectivity index (χ3n) is 3.50. The van der Waals surface area contributed by atoms with Gasteiger partial charge in [0, 0.05) is 31.1 Å². The maximum Gasteiger partial charge on any atom is 0.410 e. The first-order chi connectivity index (χ1) is 10.1. The van der Waals surface area contributed by atoms with Gasteiger partial charge in [-0.25, -0.2) is 4.79 Å². The number of carbonyl (C=O) groups is 2. The number of nitrogens with zero attached hydrogens (tertiary/aromatic N) is 2. The Labute approximate surface area is 121 Å². The number of hydrogen-bond donors (Lipinski definition) is 0. The lowest BCUT2D eigenvalue weighted by Crippen LogP contribution is -2.39. The van der Waals surface area contributed by atoms with Crippen molar-refractivity contribution in [3.8, 4) is 0 Å². The fraction of sp³-hybridized carbons (Fsp3) is 0.429. The highest BCUT2D eigenvalue weighted by atomic mass is 16.6. The molecule has 0 radical (unpaired) electrons. The fourth-order valence-electron chi connectivity index (χ4n) is 2.17. The Morgan fingerprint density at radius 3 is 2.48 bits per heavy atom. The molecule has 1 aromatic carbocycles. The van der Waals surface area contributed by atoms with Crippen molar-refractivity contribution in [2.24, 2.45) is 5.92 Å². The number of amides is 1. The molecule has 0 aromatic heterocycles. The molecule has 0 bridgehead atoms. The second kappa shape index (κ2) is 6.83. The summed E-state index contributed by atoms with van der Waals surface area (Å²) in [7, 11) is 0. The minimum absolute atomic E-state index is 0.000937. The van der Waals surface area contributed by atoms with Crippen LogP contribution < -0.4 is 0 Å². The van der Waals surface area contributed by atoms with E-state index in [9.17, 15) is 19.7 Å². The van der Waals surface area contributed by atoms with Crippen LogP contribution in [0.3, 0.4) is 0 Å². The Morgan fingerprint density at radius 2 is 1.95 bits per heavy atom. The van der Waals surface area contributed by atoms with Gasteiger partial charge in [0.05, 0.1) is 4.92 Å². The van der Waals surface area contributed by atoms with E-state index in [-0.39, 0.29) is 18.2 Å². The van der Waals surface area contributed by atoms with Crippen LogP contribution in [-0.4, -0.2) is 35.3 Å². The Balaban J connectivity index is 1.81. The van der Waals surface area contributed by atoms with Crippen LogP contribution in [0.2, 0.25) is 0 Å². The van der Waals surface area contributed by atoms with E-state index >= 15 is 0 Å². The Kier molecular flexibility index (Phi) is 4.86. The van der Waals surface area contributed by atoms with Crippen LogP contribution in [-0.2, 0) is 16.1 Å². The summed E-state index contributed by atoms with van der Waals surface area (Å²) in [5, 5.41) is 10.5. The van der Waals surface area contributed by atoms with Crippen LogP contribution >= 0.6 is 0 Å². The van der Waals surface area contributed by atoms with Crippen LogP contribution in [0.4, 0.5) is 10.5 Å². The zero-order valence-corrected chi connectivity index (χ0v) is 11.4. The summed E-state index contributed by atoms with van der Waals surface area (Å²) >= 11 is 0. The maximum atomic E-state index is 11.8. The highest BCUT2D eigenvalue weighted by Crippen LogP contribution is 2.17. The van der Waals surface area contributed by atoms with E-state index in [2.05, 4.69) is 0 Å². The lowest BCUT2D eigenvalue weighted by molar-refractivity contribution is -0.384. The van der Waals surface area contributed by atoms with Crippen LogP contribution in [0, 0.1) is 16.0 Å². The van der Waals surface area contributed by atoms with Crippen molar-refractivity contribution in [1.82, 2.24) is 4.90 Å². The number of nitro groups is 1. The zero-order chi connectivity index (χ0) is 15.2. The molecule has 0 saturated carbocycles. The lowest BCUT2D eigenvalue weighted by Gasteiger charge is -2.28. The van der Waals surface area contributed by atoms with Crippen LogP contribution in [0.1, 0.15) is 18.4 Å². The normalized spacial score (nSPS) is 15.5. The zero-order valence-electron chi connectivity index (χ0n) is 11.4. The second-order valence-corrected chi connectivity index (χ2v) is 4.94. The van der Waals surface area contributed by atoms with Crippen molar-refractivity contribution in [1.29, 1.82) is 0 Å². The first-order valence-electron chi connectivity index (χ1n) is 6.70. The summed E-state index contributed by atoms with van der Waals surface area (Å²) in [6, 6.07) is 5.87. The third kappa shape index (κ3) is 4.01. The molecule has 1 fully saturated rings. The van der Waals surface area contributed by atoms with Crippen LogP contribution in [0.5, 0.6) is 0 Å². The maximum absolute atomic E-state index is 11.8. The molecular formula is C14H16N2O5. The van der Waals surface area contributed by atoms with E-state index < -0.39 is 11.0 Å². The topological polar surface area (TPSA) is 89.8 Å². The van der Waals surface area contributed by atoms with Crippen molar-refractivity contribution in [2.75, 3.05) is 13.1 Å². The van der Waals surface area contributed by atoms with Crippen molar-refractivity contribution < 1.29 is 19.2 Å². The molecule has 0 unspecified atom stereocenters. The van der Waals surface area contributed by atoms with E-state index in [0.29, 0.717) is 31.5 Å². The minimum Gasteiger partial charge on any atom is -0.445 e. The highest BCUT2D eigenvalue weighted by Gasteiger charge is 2.23. The van der Waals surface area contributed by atoms with Crippen molar-refractivity contribution in [3.63, 3.8) is 0 Å². The molecule has 1 aliphatic heterocycles. The molecule has 1 aliphatic rings. The number of ether oxygens (including phenoxy) is 1. The summed E-state index contributed by atoms with van der Waals surface area (Å²) in [6.45, 7) is 1.11. The molecule has 112 valence electrons. The average molecular weight is 292 g/mol. The minimum atomic E-state index is -0.479. The number of nitro benzene ring substituents is 1. The molecule has 7 heteroatoms. The molecule has 1 amide bonds. The van der Waals surface area contributed by atoms with E-state index in [1.54, 1.807) is 17.0 Å². The fourth-order valence-corrected chi connectivity index (χ4v) is 2.17. The molecule has 0 aliphatic carbocycles. The monoisotopic (exact) mass is 292 g/mol. The number of rotatable bonds is 4. The first-order valence-corrected chi connectivity index (χ1v) is 6.70. The first kappa shape index (κ1) is 15.0. The number of benzene rings is 1. The van der Waals surface area contributed by atoms with Crippen molar-refractivity contribution in [3.05, 3.63) is 39.9 Å². The van der Waals surface area contributed by atoms with Crippen molar-refractivity contribution >= 4 is 18.1 Å². The summed E-state index contributed by atoms with van der Waals surface area (Å²) in [5.74, 6) is 0.0312. The van der Waals surface area contributed by atoms with E-state index in [4.69, 9.17) is 4.74 Å². The van der Waals surface area contributed by atoms with Gasteiger partial charge in [-0.2, -0.15) is 0 Å². The lowest BCUT2D eigenvalue weighted by atomic mass is 9.99. The SMILES string of the molecule is O=CC1CCN(C(=O)OCc2ccc([N+](=O)[O-])cc2)CC1. The molecule has 1 aromatic rings. The molecule has 0 atom stereocenters. The third-order valence-corrected chi connectivity index (χ3v) is 3.50. The Hall–Kier alpha value is -2.44. The molecule has 0 spiro atoms. The van der Waals surface area contributed by atoms with Gasteiger partial charge in [-0.1, -0.05) is 0 Å². The number of non-ortho nitro benzene ring substituents is 1. The quantitative estimate of drug-likeness (QED) is 0.482. The van der Waals surface area contributed by atoms with Gasteiger partial charge in [0.15, 0.2) is 0 Å². The Bertz CT molecular complexity index is 521. The molecule has 1 saturated heterocycles. The summed E-state index contributed by atoms with van der Waals surface area (Å²) in [4.78, 5) is 34.1. The van der Waals surface area contributed by atoms with Gasteiger partial charge in [0.1, 0.15) is 12.9 Å². The Morgan fingerprint density at radius 1 is 1.33 bits per heavy atom. The number of aldehydes is 1. The van der Waals surface area contributed by atoms with Gasteiger partial charge in [-0.05, 0) is 30.5 Å². The van der Waals surface area contributed by atoms with Gasteiger partial charge >= 0.3 is 6.09 Å². The second-order valence-electron chi connectivity index (χ2n) is 4.94. The van der Waals surface area contributed by atoms with E-state index in [1.807, 2.05) is 0 Å². The van der Waals surface area contributed by atoms with Gasteiger partial charge in [-0.15, -0.1) is 0 Å². The molecular weight excluding hydrogens is 276 g/mol.